The Balaban J connectivity index is 0. The van der Waals surface area contributed by atoms with Gasteiger partial charge in [-0.1, -0.05) is 0 Å². The first kappa shape index (κ1) is 49.0. The van der Waals surface area contributed by atoms with Crippen LogP contribution in [0, 0.1) is 22.7 Å². The van der Waals surface area contributed by atoms with Gasteiger partial charge in [0.25, 0.3) is 0 Å². The fraction of sp³-hybridized carbons (Fsp3) is 0.600. The molecule has 0 nitrogen and oxygen atoms in total. The Morgan fingerprint density at radius 2 is 0.761 bits per heavy atom. The molecule has 46 heavy (non-hydrogen) atoms. The summed E-state index contributed by atoms with van der Waals surface area (Å²) in [5, 5.41) is 0. The predicted octanol–water partition coefficient (Wildman–Crippen LogP) is 0.755. The van der Waals surface area contributed by atoms with Crippen molar-refractivity contribution >= 4 is 0 Å². The number of rotatable bonds is 12. The fourth-order valence-electron chi connectivity index (χ4n) is 5.99. The van der Waals surface area contributed by atoms with Crippen molar-refractivity contribution in [1.29, 1.82) is 0 Å². The molecule has 0 aromatic carbocycles. The molecule has 0 saturated carbocycles. The van der Waals surface area contributed by atoms with Gasteiger partial charge in [-0.25, -0.2) is 0 Å². The molecule has 0 amide bonds. The minimum absolute atomic E-state index is 0. The Morgan fingerprint density at radius 3 is 1.02 bits per heavy atom. The quantitative estimate of drug-likeness (QED) is 0.272. The monoisotopic (exact) mass is 860 g/mol. The molecule has 0 radical (unpaired) electrons. The molecule has 4 aliphatic carbocycles. The van der Waals surface area contributed by atoms with Crippen molar-refractivity contribution in [3.8, 4) is 0 Å². The smallest absolute Gasteiger partial charge is 1.00 e. The van der Waals surface area contributed by atoms with Crippen LogP contribution in [0.1, 0.15) is 133 Å². The van der Waals surface area contributed by atoms with Crippen LogP contribution >= 0.6 is 0 Å². The summed E-state index contributed by atoms with van der Waals surface area (Å²) in [6.07, 6.45) is 32.0. The molecule has 4 aliphatic rings. The van der Waals surface area contributed by atoms with Gasteiger partial charge < -0.3 is 49.6 Å². The molecule has 0 aromatic heterocycles. The van der Waals surface area contributed by atoms with E-state index >= 15 is 0 Å². The summed E-state index contributed by atoms with van der Waals surface area (Å²) >= 11 is -1.07. The first-order valence-corrected chi connectivity index (χ1v) is 21.8. The first-order chi connectivity index (χ1) is 19.8. The molecule has 0 heterocycles. The molecule has 0 aromatic rings. The molecule has 4 rings (SSSR count). The Bertz CT molecular complexity index is 1100. The van der Waals surface area contributed by atoms with E-state index in [0.717, 1.165) is 11.8 Å². The van der Waals surface area contributed by atoms with Crippen LogP contribution in [0.5, 0.6) is 0 Å². The normalized spacial score (nSPS) is 18.0. The van der Waals surface area contributed by atoms with E-state index in [4.69, 9.17) is 0 Å². The minimum Gasteiger partial charge on any atom is -1.00 e. The van der Waals surface area contributed by atoms with Gasteiger partial charge in [0.1, 0.15) is 0 Å². The van der Waals surface area contributed by atoms with Gasteiger partial charge >= 0.3 is 287 Å². The van der Waals surface area contributed by atoms with Gasteiger partial charge in [-0.05, 0) is 0 Å². The van der Waals surface area contributed by atoms with Crippen LogP contribution in [-0.2, 0) is 46.5 Å². The van der Waals surface area contributed by atoms with Gasteiger partial charge in [-0.3, -0.25) is 0 Å². The van der Waals surface area contributed by atoms with E-state index in [1.165, 1.54) is 64.2 Å². The van der Waals surface area contributed by atoms with Crippen molar-refractivity contribution in [2.24, 2.45) is 22.7 Å². The molecule has 0 aliphatic heterocycles. The maximum Gasteiger partial charge on any atom is -1.00 e. The van der Waals surface area contributed by atoms with Gasteiger partial charge in [0, 0.05) is 0 Å². The second kappa shape index (κ2) is 23.3. The number of hydrogen-bond acceptors (Lipinski definition) is 0. The van der Waals surface area contributed by atoms with Crippen molar-refractivity contribution in [3.05, 3.63) is 84.0 Å². The molecule has 256 valence electrons. The van der Waals surface area contributed by atoms with Gasteiger partial charge in [0.2, 0.25) is 0 Å². The third-order valence-corrected chi connectivity index (χ3v) is 16.8. The van der Waals surface area contributed by atoms with Crippen LogP contribution in [0.15, 0.2) is 84.0 Å². The van der Waals surface area contributed by atoms with E-state index < -0.39 is 46.5 Å². The number of halogens is 4. The molecule has 2 unspecified atom stereocenters. The van der Waals surface area contributed by atoms with Gasteiger partial charge in [0.05, 0.1) is 0 Å². The molecular weight excluding hydrogens is 805 g/mol. The zero-order chi connectivity index (χ0) is 30.9. The van der Waals surface area contributed by atoms with Crippen molar-refractivity contribution in [1.82, 2.24) is 0 Å². The topological polar surface area (TPSA) is 0 Å². The van der Waals surface area contributed by atoms with E-state index in [-0.39, 0.29) is 49.6 Å². The summed E-state index contributed by atoms with van der Waals surface area (Å²) in [6.45, 7) is 23.6. The van der Waals surface area contributed by atoms with E-state index in [1.54, 1.807) is 22.3 Å². The number of hydrogen-bond donors (Lipinski definition) is 0. The summed E-state index contributed by atoms with van der Waals surface area (Å²) in [5.41, 5.74) is 7.57. The molecule has 6 heteroatoms. The van der Waals surface area contributed by atoms with Crippen LogP contribution in [0.3, 0.4) is 0 Å². The molecule has 0 fully saturated rings. The largest absolute Gasteiger partial charge is 1.00 e. The van der Waals surface area contributed by atoms with Crippen molar-refractivity contribution in [3.63, 3.8) is 0 Å². The number of allylic oxidation sites excluding steroid dienone is 16. The third kappa shape index (κ3) is 17.2. The van der Waals surface area contributed by atoms with Crippen LogP contribution in [0.2, 0.25) is 0 Å². The van der Waals surface area contributed by atoms with Crippen molar-refractivity contribution in [2.45, 2.75) is 133 Å². The Kier molecular flexibility index (Phi) is 24.8. The Hall–Kier alpha value is 0.846. The minimum atomic E-state index is -0.554. The van der Waals surface area contributed by atoms with Crippen molar-refractivity contribution < 1.29 is 96.1 Å². The van der Waals surface area contributed by atoms with Gasteiger partial charge in [-0.15, -0.1) is 0 Å². The summed E-state index contributed by atoms with van der Waals surface area (Å²) in [7, 11) is 0. The SMILES string of the molecule is CC(C)(C)CC1=[C]([Zr+2][C]2=C(CC(C)(C)C)C=CC2)CC=C1.CCC(C)CC1=[C]([Zr+2][C]2=C(CC(C)CC)C=CC2)CC=C1.[Cl-].[Cl-].[Cl-].[Cl-]. The molecule has 0 saturated heterocycles. The van der Waals surface area contributed by atoms with Gasteiger partial charge in [0.15, 0.2) is 0 Å². The second-order valence-corrected chi connectivity index (χ2v) is 22.8. The Labute approximate surface area is 332 Å². The summed E-state index contributed by atoms with van der Waals surface area (Å²) in [6, 6.07) is 0. The first-order valence-electron chi connectivity index (χ1n) is 16.9. The predicted molar refractivity (Wildman–Crippen MR) is 179 cm³/mol. The van der Waals surface area contributed by atoms with Crippen LogP contribution < -0.4 is 49.6 Å². The standard InChI is InChI=1S/4C10H15.4ClH.2Zr/c2*1-10(2,3)8-9-6-4-5-7-9;2*1-3-9(2)8-10-6-4-5-7-10;;;;;;/h2*4,6H,5,8H2,1-3H3;2*4,6,9H,3,5,8H2,1-2H3;4*1H;;/q;;;;;;;;2*+2/p-4. The molecule has 0 spiro atoms. The van der Waals surface area contributed by atoms with E-state index in [9.17, 15) is 0 Å². The molecule has 0 N–H and O–H groups in total. The van der Waals surface area contributed by atoms with E-state index in [0.29, 0.717) is 10.8 Å². The van der Waals surface area contributed by atoms with Crippen LogP contribution in [0.4, 0.5) is 0 Å². The zero-order valence-electron chi connectivity index (χ0n) is 30.4. The van der Waals surface area contributed by atoms with Gasteiger partial charge in [-0.2, -0.15) is 0 Å². The Morgan fingerprint density at radius 1 is 0.500 bits per heavy atom. The van der Waals surface area contributed by atoms with Crippen LogP contribution in [-0.4, -0.2) is 0 Å². The third-order valence-electron chi connectivity index (χ3n) is 8.69. The average Bonchev–Trinajstić information content (AvgIpc) is 3.70. The summed E-state index contributed by atoms with van der Waals surface area (Å²) in [5.74, 6) is 1.68. The van der Waals surface area contributed by atoms with Crippen LogP contribution in [0.25, 0.3) is 0 Å². The summed E-state index contributed by atoms with van der Waals surface area (Å²) in [4.78, 5) is 0. The maximum absolute atomic E-state index is 2.43. The second-order valence-electron chi connectivity index (χ2n) is 15.6. The summed E-state index contributed by atoms with van der Waals surface area (Å²) < 4.78 is 7.38. The molecule has 0 bridgehead atoms. The van der Waals surface area contributed by atoms with E-state index in [1.807, 2.05) is 13.1 Å². The maximum atomic E-state index is 2.43. The average molecular weight is 865 g/mol. The zero-order valence-corrected chi connectivity index (χ0v) is 38.3. The molecule has 2 atom stereocenters. The fourth-order valence-corrected chi connectivity index (χ4v) is 13.3. The molecular formula is C40H60Cl4Zr2. The van der Waals surface area contributed by atoms with Crippen molar-refractivity contribution in [2.75, 3.05) is 0 Å². The van der Waals surface area contributed by atoms with E-state index in [2.05, 4.69) is 118 Å².